The van der Waals surface area contributed by atoms with Gasteiger partial charge in [-0.1, -0.05) is 32.1 Å². The Morgan fingerprint density at radius 1 is 1.40 bits per heavy atom. The molecule has 0 amide bonds. The van der Waals surface area contributed by atoms with Crippen molar-refractivity contribution in [2.75, 3.05) is 6.61 Å². The fourth-order valence-electron chi connectivity index (χ4n) is 1.20. The third kappa shape index (κ3) is 8.09. The monoisotopic (exact) mass is 212 g/mol. The summed E-state index contributed by atoms with van der Waals surface area (Å²) in [7, 11) is 0. The smallest absolute Gasteiger partial charge is 0.148 e. The summed E-state index contributed by atoms with van der Waals surface area (Å²) in [6, 6.07) is 0. The lowest BCUT2D eigenvalue weighted by Gasteiger charge is -2.09. The highest BCUT2D eigenvalue weighted by Crippen LogP contribution is 2.07. The lowest BCUT2D eigenvalue weighted by Crippen LogP contribution is -2.08. The molecule has 0 saturated carbocycles. The molecular formula is C12H20O3. The Hall–Kier alpha value is -0.930. The molecule has 15 heavy (non-hydrogen) atoms. The van der Waals surface area contributed by atoms with Gasteiger partial charge in [-0.15, -0.1) is 0 Å². The molecule has 0 aliphatic heterocycles. The summed E-state index contributed by atoms with van der Waals surface area (Å²) < 4.78 is 0. The third-order valence-electron chi connectivity index (χ3n) is 1.93. The maximum atomic E-state index is 10.3. The summed E-state index contributed by atoms with van der Waals surface area (Å²) in [4.78, 5) is 10.3. The molecule has 0 saturated heterocycles. The molecule has 3 nitrogen and oxygen atoms in total. The van der Waals surface area contributed by atoms with E-state index < -0.39 is 0 Å². The van der Waals surface area contributed by atoms with E-state index in [0.717, 1.165) is 6.42 Å². The van der Waals surface area contributed by atoms with Crippen LogP contribution in [0.2, 0.25) is 0 Å². The minimum atomic E-state index is -0.330. The molecule has 0 rings (SSSR count). The number of aliphatic hydroxyl groups excluding tert-OH is 2. The van der Waals surface area contributed by atoms with Gasteiger partial charge in [0.05, 0.1) is 12.7 Å². The lowest BCUT2D eigenvalue weighted by atomic mass is 10.0. The van der Waals surface area contributed by atoms with E-state index in [2.05, 4.69) is 13.8 Å². The zero-order valence-corrected chi connectivity index (χ0v) is 9.39. The third-order valence-corrected chi connectivity index (χ3v) is 1.93. The van der Waals surface area contributed by atoms with Gasteiger partial charge in [0.15, 0.2) is 0 Å². The van der Waals surface area contributed by atoms with Crippen LogP contribution in [-0.2, 0) is 4.79 Å². The number of carbonyl (C=O) groups is 1. The quantitative estimate of drug-likeness (QED) is 0.381. The molecule has 0 aromatic carbocycles. The number of aldehydes is 1. The maximum absolute atomic E-state index is 10.3. The first-order valence-electron chi connectivity index (χ1n) is 5.20. The van der Waals surface area contributed by atoms with Crippen LogP contribution in [0.5, 0.6) is 0 Å². The van der Waals surface area contributed by atoms with Crippen molar-refractivity contribution in [1.29, 1.82) is 0 Å². The van der Waals surface area contributed by atoms with Crippen molar-refractivity contribution in [3.8, 4) is 0 Å². The Morgan fingerprint density at radius 2 is 2.07 bits per heavy atom. The number of aliphatic hydroxyl groups is 2. The second-order valence-electron chi connectivity index (χ2n) is 3.96. The minimum Gasteiger partial charge on any atom is -0.393 e. The van der Waals surface area contributed by atoms with Crippen LogP contribution in [-0.4, -0.2) is 29.2 Å². The molecule has 0 fully saturated rings. The van der Waals surface area contributed by atoms with E-state index in [4.69, 9.17) is 5.11 Å². The highest BCUT2D eigenvalue weighted by molar-refractivity contribution is 5.73. The van der Waals surface area contributed by atoms with E-state index >= 15 is 0 Å². The van der Waals surface area contributed by atoms with Crippen molar-refractivity contribution in [1.82, 2.24) is 0 Å². The van der Waals surface area contributed by atoms with Gasteiger partial charge in [-0.25, -0.2) is 0 Å². The molecule has 0 heterocycles. The van der Waals surface area contributed by atoms with E-state index in [1.807, 2.05) is 0 Å². The fraction of sp³-hybridized carbons (Fsp3) is 0.583. The van der Waals surface area contributed by atoms with Crippen molar-refractivity contribution < 1.29 is 15.0 Å². The van der Waals surface area contributed by atoms with E-state index in [0.29, 0.717) is 24.2 Å². The summed E-state index contributed by atoms with van der Waals surface area (Å²) in [6.07, 6.45) is 6.67. The predicted molar refractivity (Wildman–Crippen MR) is 60.5 cm³/mol. The number of hydrogen-bond donors (Lipinski definition) is 2. The van der Waals surface area contributed by atoms with Crippen molar-refractivity contribution in [2.24, 2.45) is 5.92 Å². The first-order valence-corrected chi connectivity index (χ1v) is 5.20. The van der Waals surface area contributed by atoms with E-state index in [1.165, 1.54) is 0 Å². The van der Waals surface area contributed by atoms with Crippen molar-refractivity contribution in [3.63, 3.8) is 0 Å². The van der Waals surface area contributed by atoms with Gasteiger partial charge in [-0.2, -0.15) is 0 Å². The minimum absolute atomic E-state index is 0.248. The van der Waals surface area contributed by atoms with Crippen LogP contribution < -0.4 is 0 Å². The summed E-state index contributed by atoms with van der Waals surface area (Å²) in [5, 5.41) is 18.2. The summed E-state index contributed by atoms with van der Waals surface area (Å²) in [5.41, 5.74) is 0.338. The molecule has 2 N–H and O–H groups in total. The van der Waals surface area contributed by atoms with Crippen molar-refractivity contribution in [2.45, 2.75) is 32.8 Å². The molecule has 86 valence electrons. The normalized spacial score (nSPS) is 14.9. The zero-order chi connectivity index (χ0) is 11.7. The Bertz CT molecular complexity index is 229. The molecule has 3 heteroatoms. The molecule has 0 aliphatic rings. The van der Waals surface area contributed by atoms with Crippen LogP contribution in [0.25, 0.3) is 0 Å². The van der Waals surface area contributed by atoms with Crippen LogP contribution in [0.4, 0.5) is 0 Å². The lowest BCUT2D eigenvalue weighted by molar-refractivity contribution is -0.105. The number of rotatable bonds is 7. The van der Waals surface area contributed by atoms with Gasteiger partial charge in [0.2, 0.25) is 0 Å². The number of allylic oxidation sites excluding steroid dienone is 2. The standard InChI is InChI=1S/C12H20O3/c1-10(2)7-12(15)6-4-3-5-11(8-13)9-14/h3-5,8,10,12,14-15H,6-7,9H2,1-2H3/b4-3+,11-5-. The predicted octanol–water partition coefficient (Wildman–Crippen LogP) is 1.46. The van der Waals surface area contributed by atoms with Gasteiger partial charge in [-0.3, -0.25) is 4.79 Å². The molecule has 0 aromatic heterocycles. The fourth-order valence-corrected chi connectivity index (χ4v) is 1.20. The SMILES string of the molecule is CC(C)CC(O)C/C=C/C=C(/C=O)CO. The van der Waals surface area contributed by atoms with Crippen molar-refractivity contribution >= 4 is 6.29 Å². The van der Waals surface area contributed by atoms with Gasteiger partial charge >= 0.3 is 0 Å². The molecule has 0 aromatic rings. The topological polar surface area (TPSA) is 57.5 Å². The van der Waals surface area contributed by atoms with Gasteiger partial charge in [0.25, 0.3) is 0 Å². The molecule has 0 spiro atoms. The number of carbonyl (C=O) groups excluding carboxylic acids is 1. The highest BCUT2D eigenvalue weighted by Gasteiger charge is 2.03. The average Bonchev–Trinajstić information content (AvgIpc) is 2.17. The Balaban J connectivity index is 3.88. The Kier molecular flexibility index (Phi) is 7.86. The molecule has 1 unspecified atom stereocenters. The molecule has 0 radical (unpaired) electrons. The summed E-state index contributed by atoms with van der Waals surface area (Å²) >= 11 is 0. The Morgan fingerprint density at radius 3 is 2.53 bits per heavy atom. The van der Waals surface area contributed by atoms with Gasteiger partial charge in [0.1, 0.15) is 6.29 Å². The first-order chi connectivity index (χ1) is 7.10. The summed E-state index contributed by atoms with van der Waals surface area (Å²) in [5.74, 6) is 0.479. The average molecular weight is 212 g/mol. The van der Waals surface area contributed by atoms with Crippen molar-refractivity contribution in [3.05, 3.63) is 23.8 Å². The second kappa shape index (κ2) is 8.38. The van der Waals surface area contributed by atoms with Crippen LogP contribution in [0.3, 0.4) is 0 Å². The molecule has 0 bridgehead atoms. The van der Waals surface area contributed by atoms with Gasteiger partial charge < -0.3 is 10.2 Å². The largest absolute Gasteiger partial charge is 0.393 e. The van der Waals surface area contributed by atoms with Crippen LogP contribution in [0.1, 0.15) is 26.7 Å². The first kappa shape index (κ1) is 14.1. The van der Waals surface area contributed by atoms with E-state index in [1.54, 1.807) is 18.2 Å². The highest BCUT2D eigenvalue weighted by atomic mass is 16.3. The molecule has 0 aliphatic carbocycles. The van der Waals surface area contributed by atoms with Crippen LogP contribution in [0, 0.1) is 5.92 Å². The maximum Gasteiger partial charge on any atom is 0.148 e. The molecule has 1 atom stereocenters. The zero-order valence-electron chi connectivity index (χ0n) is 9.39. The van der Waals surface area contributed by atoms with Crippen LogP contribution in [0.15, 0.2) is 23.8 Å². The van der Waals surface area contributed by atoms with Gasteiger partial charge in [-0.05, 0) is 18.8 Å². The van der Waals surface area contributed by atoms with E-state index in [9.17, 15) is 9.90 Å². The van der Waals surface area contributed by atoms with Crippen LogP contribution >= 0.6 is 0 Å². The molecular weight excluding hydrogens is 192 g/mol. The Labute approximate surface area is 91.1 Å². The van der Waals surface area contributed by atoms with E-state index in [-0.39, 0.29) is 12.7 Å². The second-order valence-corrected chi connectivity index (χ2v) is 3.96. The van der Waals surface area contributed by atoms with Gasteiger partial charge in [0, 0.05) is 5.57 Å². The summed E-state index contributed by atoms with van der Waals surface area (Å²) in [6.45, 7) is 3.87. The number of hydrogen-bond acceptors (Lipinski definition) is 3.